The lowest BCUT2D eigenvalue weighted by Gasteiger charge is -2.38. The van der Waals surface area contributed by atoms with Gasteiger partial charge in [0, 0.05) is 19.1 Å². The topological polar surface area (TPSA) is 49.4 Å². The highest BCUT2D eigenvalue weighted by Gasteiger charge is 2.42. The van der Waals surface area contributed by atoms with E-state index in [1.807, 2.05) is 18.2 Å². The molecule has 5 heteroatoms. The molecule has 0 radical (unpaired) electrons. The Hall–Kier alpha value is -0.130. The fourth-order valence-electron chi connectivity index (χ4n) is 3.41. The van der Waals surface area contributed by atoms with Crippen LogP contribution in [0.5, 0.6) is 0 Å². The van der Waals surface area contributed by atoms with E-state index in [0.29, 0.717) is 18.5 Å². The quantitative estimate of drug-likeness (QED) is 0.828. The van der Waals surface area contributed by atoms with Gasteiger partial charge in [0.15, 0.2) is 0 Å². The number of piperidine rings is 1. The predicted molar refractivity (Wildman–Crippen MR) is 74.0 cm³/mol. The Balaban J connectivity index is 2.08. The lowest BCUT2D eigenvalue weighted by Crippen LogP contribution is -2.50. The number of hydrogen-bond donors (Lipinski definition) is 1. The fraction of sp³-hybridized carbons (Fsp3) is 1.00. The summed E-state index contributed by atoms with van der Waals surface area (Å²) in [5.41, 5.74) is 0. The predicted octanol–water partition coefficient (Wildman–Crippen LogP) is 1.58. The van der Waals surface area contributed by atoms with Crippen LogP contribution < -0.4 is 5.32 Å². The maximum Gasteiger partial charge on any atom is 0.218 e. The van der Waals surface area contributed by atoms with Crippen LogP contribution in [0.3, 0.4) is 0 Å². The maximum absolute atomic E-state index is 12.6. The third-order valence-corrected chi connectivity index (χ3v) is 6.75. The molecule has 2 rings (SSSR count). The van der Waals surface area contributed by atoms with Gasteiger partial charge in [-0.2, -0.15) is 4.31 Å². The van der Waals surface area contributed by atoms with Crippen molar-refractivity contribution in [3.05, 3.63) is 0 Å². The lowest BCUT2D eigenvalue weighted by atomic mass is 9.94. The highest BCUT2D eigenvalue weighted by molar-refractivity contribution is 7.89. The van der Waals surface area contributed by atoms with Crippen molar-refractivity contribution in [2.24, 2.45) is 5.92 Å². The van der Waals surface area contributed by atoms with E-state index in [-0.39, 0.29) is 5.25 Å². The molecule has 1 N–H and O–H groups in total. The minimum absolute atomic E-state index is 0.299. The Kier molecular flexibility index (Phi) is 4.67. The molecule has 2 fully saturated rings. The van der Waals surface area contributed by atoms with Gasteiger partial charge in [0.05, 0.1) is 5.25 Å². The van der Waals surface area contributed by atoms with Crippen LogP contribution >= 0.6 is 0 Å². The second kappa shape index (κ2) is 5.88. The summed E-state index contributed by atoms with van der Waals surface area (Å²) in [7, 11) is -3.12. The van der Waals surface area contributed by atoms with Crippen molar-refractivity contribution in [2.45, 2.75) is 57.2 Å². The number of nitrogens with one attached hydrogen (secondary N) is 1. The van der Waals surface area contributed by atoms with Crippen molar-refractivity contribution in [1.82, 2.24) is 9.62 Å². The number of hydrogen-bond acceptors (Lipinski definition) is 3. The van der Waals surface area contributed by atoms with Gasteiger partial charge in [-0.3, -0.25) is 0 Å². The molecule has 0 bridgehead atoms. The van der Waals surface area contributed by atoms with Crippen molar-refractivity contribution in [3.8, 4) is 0 Å². The van der Waals surface area contributed by atoms with E-state index in [1.54, 1.807) is 0 Å². The van der Waals surface area contributed by atoms with E-state index in [2.05, 4.69) is 5.32 Å². The molecular weight excluding hydrogens is 248 g/mol. The van der Waals surface area contributed by atoms with Crippen LogP contribution in [0.15, 0.2) is 0 Å². The second-order valence-electron chi connectivity index (χ2n) is 5.67. The van der Waals surface area contributed by atoms with Gasteiger partial charge in [-0.1, -0.05) is 13.3 Å². The van der Waals surface area contributed by atoms with E-state index in [4.69, 9.17) is 0 Å². The fourth-order valence-corrected chi connectivity index (χ4v) is 5.24. The van der Waals surface area contributed by atoms with Crippen molar-refractivity contribution in [2.75, 3.05) is 19.6 Å². The molecular formula is C13H26N2O2S. The van der Waals surface area contributed by atoms with Crippen molar-refractivity contribution < 1.29 is 8.42 Å². The molecule has 3 atom stereocenters. The summed E-state index contributed by atoms with van der Waals surface area (Å²) in [6.45, 7) is 5.96. The molecule has 0 amide bonds. The zero-order valence-electron chi connectivity index (χ0n) is 11.6. The van der Waals surface area contributed by atoms with Crippen LogP contribution in [0.25, 0.3) is 0 Å². The third kappa shape index (κ3) is 2.73. The Morgan fingerprint density at radius 3 is 2.72 bits per heavy atom. The second-order valence-corrected chi connectivity index (χ2v) is 7.98. The molecule has 106 valence electrons. The summed E-state index contributed by atoms with van der Waals surface area (Å²) in [4.78, 5) is 0. The van der Waals surface area contributed by atoms with Crippen LogP contribution in [0, 0.1) is 5.92 Å². The van der Waals surface area contributed by atoms with Crippen molar-refractivity contribution in [1.29, 1.82) is 0 Å². The van der Waals surface area contributed by atoms with Crippen LogP contribution in [-0.4, -0.2) is 43.6 Å². The molecule has 1 heterocycles. The molecule has 3 unspecified atom stereocenters. The molecule has 1 saturated heterocycles. The van der Waals surface area contributed by atoms with Gasteiger partial charge in [-0.25, -0.2) is 8.42 Å². The number of sulfonamides is 1. The third-order valence-electron chi connectivity index (χ3n) is 4.46. The van der Waals surface area contributed by atoms with Crippen LogP contribution in [0.1, 0.15) is 46.0 Å². The van der Waals surface area contributed by atoms with Crippen LogP contribution in [0.2, 0.25) is 0 Å². The lowest BCUT2D eigenvalue weighted by molar-refractivity contribution is 0.200. The van der Waals surface area contributed by atoms with Gasteiger partial charge in [0.25, 0.3) is 0 Å². The van der Waals surface area contributed by atoms with E-state index >= 15 is 0 Å². The van der Waals surface area contributed by atoms with E-state index in [9.17, 15) is 8.42 Å². The Morgan fingerprint density at radius 2 is 2.00 bits per heavy atom. The minimum atomic E-state index is -3.12. The SMILES string of the molecule is CCNCC(C)S(=O)(=O)N1CCCC2CCCC21. The van der Waals surface area contributed by atoms with Crippen LogP contribution in [-0.2, 0) is 10.0 Å². The van der Waals surface area contributed by atoms with Crippen molar-refractivity contribution >= 4 is 10.0 Å². The summed E-state index contributed by atoms with van der Waals surface area (Å²) >= 11 is 0. The van der Waals surface area contributed by atoms with E-state index < -0.39 is 10.0 Å². The monoisotopic (exact) mass is 274 g/mol. The van der Waals surface area contributed by atoms with E-state index in [1.165, 1.54) is 19.3 Å². The van der Waals surface area contributed by atoms with Gasteiger partial charge in [0.2, 0.25) is 10.0 Å². The summed E-state index contributed by atoms with van der Waals surface area (Å²) in [5.74, 6) is 0.625. The van der Waals surface area contributed by atoms with Gasteiger partial charge in [0.1, 0.15) is 0 Å². The van der Waals surface area contributed by atoms with E-state index in [0.717, 1.165) is 25.9 Å². The largest absolute Gasteiger partial charge is 0.316 e. The van der Waals surface area contributed by atoms with Gasteiger partial charge >= 0.3 is 0 Å². The normalized spacial score (nSPS) is 31.2. The molecule has 2 aliphatic rings. The molecule has 0 aromatic rings. The molecule has 1 saturated carbocycles. The summed E-state index contributed by atoms with van der Waals surface area (Å²) in [6.07, 6.45) is 5.74. The number of rotatable bonds is 5. The minimum Gasteiger partial charge on any atom is -0.316 e. The highest BCUT2D eigenvalue weighted by Crippen LogP contribution is 2.38. The average Bonchev–Trinajstić information content (AvgIpc) is 2.83. The summed E-state index contributed by atoms with van der Waals surface area (Å²) < 4.78 is 27.1. The summed E-state index contributed by atoms with van der Waals surface area (Å²) in [6, 6.07) is 0.299. The molecule has 1 aliphatic carbocycles. The van der Waals surface area contributed by atoms with Gasteiger partial charge < -0.3 is 5.32 Å². The smallest absolute Gasteiger partial charge is 0.218 e. The average molecular weight is 274 g/mol. The molecule has 4 nitrogen and oxygen atoms in total. The highest BCUT2D eigenvalue weighted by atomic mass is 32.2. The summed E-state index contributed by atoms with van der Waals surface area (Å²) in [5, 5.41) is 2.84. The Bertz CT molecular complexity index is 369. The zero-order valence-corrected chi connectivity index (χ0v) is 12.4. The van der Waals surface area contributed by atoms with Crippen molar-refractivity contribution in [3.63, 3.8) is 0 Å². The first-order valence-electron chi connectivity index (χ1n) is 7.28. The Labute approximate surface area is 111 Å². The molecule has 0 aromatic carbocycles. The molecule has 0 aromatic heterocycles. The first-order valence-corrected chi connectivity index (χ1v) is 8.79. The standard InChI is InChI=1S/C13H26N2O2S/c1-3-14-10-11(2)18(16,17)15-9-5-7-12-6-4-8-13(12)15/h11-14H,3-10H2,1-2H3. The molecule has 1 aliphatic heterocycles. The molecule has 18 heavy (non-hydrogen) atoms. The van der Waals surface area contributed by atoms with Gasteiger partial charge in [-0.05, 0) is 45.1 Å². The first kappa shape index (κ1) is 14.3. The number of nitrogens with zero attached hydrogens (tertiary/aromatic N) is 1. The molecule has 0 spiro atoms. The number of fused-ring (bicyclic) bond motifs is 1. The maximum atomic E-state index is 12.6. The van der Waals surface area contributed by atoms with Gasteiger partial charge in [-0.15, -0.1) is 0 Å². The Morgan fingerprint density at radius 1 is 1.28 bits per heavy atom. The first-order chi connectivity index (χ1) is 8.57. The zero-order chi connectivity index (χ0) is 13.2. The van der Waals surface area contributed by atoms with Crippen LogP contribution in [0.4, 0.5) is 0 Å².